The lowest BCUT2D eigenvalue weighted by Gasteiger charge is -2.21. The van der Waals surface area contributed by atoms with Gasteiger partial charge in [-0.1, -0.05) is 12.8 Å². The largest absolute Gasteiger partial charge is 0.481 e. The van der Waals surface area contributed by atoms with E-state index in [2.05, 4.69) is 0 Å². The van der Waals surface area contributed by atoms with Crippen LogP contribution in [0.1, 0.15) is 86.0 Å². The fourth-order valence-electron chi connectivity index (χ4n) is 2.44. The number of unbranched alkanes of at least 4 members (excludes halogenated alkanes) is 2. The van der Waals surface area contributed by atoms with E-state index in [9.17, 15) is 14.4 Å². The van der Waals surface area contributed by atoms with Crippen LogP contribution in [0.2, 0.25) is 0 Å². The van der Waals surface area contributed by atoms with E-state index < -0.39 is 16.8 Å². The number of ketones is 1. The Morgan fingerprint density at radius 2 is 1.29 bits per heavy atom. The van der Waals surface area contributed by atoms with Gasteiger partial charge in [0.1, 0.15) is 5.78 Å². The number of carbonyl (C=O) groups excluding carboxylic acids is 2. The summed E-state index contributed by atoms with van der Waals surface area (Å²) in [7, 11) is 0. The third-order valence-electron chi connectivity index (χ3n) is 4.42. The van der Waals surface area contributed by atoms with Crippen molar-refractivity contribution in [3.05, 3.63) is 0 Å². The van der Waals surface area contributed by atoms with Gasteiger partial charge in [0.15, 0.2) is 0 Å². The van der Waals surface area contributed by atoms with Gasteiger partial charge in [-0.3, -0.25) is 14.4 Å². The number of Topliss-reactive ketones (excluding diaryl/α,β-unsaturated/α-hetero) is 1. The van der Waals surface area contributed by atoms with Crippen LogP contribution in [0.5, 0.6) is 0 Å². The summed E-state index contributed by atoms with van der Waals surface area (Å²) in [5.74, 6) is -0.757. The highest BCUT2D eigenvalue weighted by Gasteiger charge is 2.28. The molecule has 0 spiro atoms. The normalized spacial score (nSPS) is 12.0. The maximum absolute atomic E-state index is 11.9. The van der Waals surface area contributed by atoms with Crippen LogP contribution >= 0.6 is 0 Å². The minimum Gasteiger partial charge on any atom is -0.481 e. The number of hydrogen-bond donors (Lipinski definition) is 1. The van der Waals surface area contributed by atoms with Crippen molar-refractivity contribution in [1.29, 1.82) is 0 Å². The fraction of sp³-hybridized carbons (Fsp3) is 0.842. The number of carboxylic acid groups (broad SMARTS) is 1. The molecule has 0 radical (unpaired) electrons. The second-order valence-electron chi connectivity index (χ2n) is 7.75. The van der Waals surface area contributed by atoms with Crippen LogP contribution in [0.3, 0.4) is 0 Å². The molecule has 0 bridgehead atoms. The Balaban J connectivity index is 3.85. The zero-order chi connectivity index (χ0) is 18.8. The molecular weight excluding hydrogens is 308 g/mol. The van der Waals surface area contributed by atoms with Crippen molar-refractivity contribution in [1.82, 2.24) is 0 Å². The number of aliphatic carboxylic acids is 1. The van der Waals surface area contributed by atoms with E-state index in [0.717, 1.165) is 25.7 Å². The van der Waals surface area contributed by atoms with Gasteiger partial charge in [-0.15, -0.1) is 0 Å². The van der Waals surface area contributed by atoms with E-state index in [1.54, 1.807) is 20.8 Å². The molecule has 0 aliphatic carbocycles. The Hall–Kier alpha value is -1.39. The Morgan fingerprint density at radius 3 is 1.71 bits per heavy atom. The van der Waals surface area contributed by atoms with Gasteiger partial charge < -0.3 is 9.84 Å². The Bertz CT molecular complexity index is 423. The summed E-state index contributed by atoms with van der Waals surface area (Å²) in [4.78, 5) is 34.6. The fourth-order valence-corrected chi connectivity index (χ4v) is 2.44. The molecule has 140 valence electrons. The summed E-state index contributed by atoms with van der Waals surface area (Å²) >= 11 is 0. The number of rotatable bonds is 13. The van der Waals surface area contributed by atoms with E-state index in [4.69, 9.17) is 9.84 Å². The van der Waals surface area contributed by atoms with Gasteiger partial charge in [-0.05, 0) is 60.3 Å². The van der Waals surface area contributed by atoms with E-state index in [1.165, 1.54) is 0 Å². The van der Waals surface area contributed by atoms with Crippen molar-refractivity contribution < 1.29 is 24.2 Å². The van der Waals surface area contributed by atoms with Gasteiger partial charge in [0.05, 0.1) is 17.4 Å². The van der Waals surface area contributed by atoms with Gasteiger partial charge in [-0.25, -0.2) is 0 Å². The first kappa shape index (κ1) is 22.6. The van der Waals surface area contributed by atoms with Crippen LogP contribution < -0.4 is 0 Å². The summed E-state index contributed by atoms with van der Waals surface area (Å²) in [6.45, 7) is 9.35. The molecule has 5 heteroatoms. The molecule has 0 aliphatic heterocycles. The number of esters is 1. The van der Waals surface area contributed by atoms with Crippen molar-refractivity contribution in [2.24, 2.45) is 10.8 Å². The first-order chi connectivity index (χ1) is 11.0. The molecule has 0 fully saturated rings. The summed E-state index contributed by atoms with van der Waals surface area (Å²) < 4.78 is 5.05. The van der Waals surface area contributed by atoms with E-state index in [1.807, 2.05) is 13.8 Å². The maximum Gasteiger partial charge on any atom is 0.311 e. The molecule has 5 nitrogen and oxygen atoms in total. The number of carboxylic acids is 1. The molecule has 0 atom stereocenters. The first-order valence-corrected chi connectivity index (χ1v) is 8.95. The Labute approximate surface area is 146 Å². The number of hydrogen-bond acceptors (Lipinski definition) is 4. The summed E-state index contributed by atoms with van der Waals surface area (Å²) in [6, 6.07) is 0. The standard InChI is InChI=1S/C19H34O5/c1-6-24-17(23)19(4,5)14-10-8-12-15(20)11-7-9-13-18(2,3)16(21)22/h6-14H2,1-5H3,(H,21,22). The van der Waals surface area contributed by atoms with E-state index in [-0.39, 0.29) is 11.8 Å². The number of ether oxygens (including phenoxy) is 1. The minimum absolute atomic E-state index is 0.183. The predicted octanol–water partition coefficient (Wildman–Crippen LogP) is 4.38. The Morgan fingerprint density at radius 1 is 0.833 bits per heavy atom. The molecule has 0 rings (SSSR count). The molecule has 0 unspecified atom stereocenters. The van der Waals surface area contributed by atoms with Crippen LogP contribution in [0.4, 0.5) is 0 Å². The summed E-state index contributed by atoms with van der Waals surface area (Å²) in [5.41, 5.74) is -1.22. The van der Waals surface area contributed by atoms with Gasteiger partial charge in [0, 0.05) is 12.8 Å². The second-order valence-corrected chi connectivity index (χ2v) is 7.75. The van der Waals surface area contributed by atoms with Crippen molar-refractivity contribution >= 4 is 17.7 Å². The zero-order valence-electron chi connectivity index (χ0n) is 15.9. The minimum atomic E-state index is -0.793. The van der Waals surface area contributed by atoms with Crippen LogP contribution in [0.15, 0.2) is 0 Å². The molecule has 0 aromatic heterocycles. The highest BCUT2D eigenvalue weighted by atomic mass is 16.5. The van der Waals surface area contributed by atoms with Crippen LogP contribution in [-0.2, 0) is 19.1 Å². The zero-order valence-corrected chi connectivity index (χ0v) is 15.9. The van der Waals surface area contributed by atoms with Crippen molar-refractivity contribution in [3.63, 3.8) is 0 Å². The van der Waals surface area contributed by atoms with Crippen LogP contribution in [0, 0.1) is 10.8 Å². The lowest BCUT2D eigenvalue weighted by Crippen LogP contribution is -2.26. The molecule has 0 amide bonds. The topological polar surface area (TPSA) is 80.7 Å². The average Bonchev–Trinajstić information content (AvgIpc) is 2.48. The van der Waals surface area contributed by atoms with Gasteiger partial charge in [0.2, 0.25) is 0 Å². The molecule has 0 saturated carbocycles. The van der Waals surface area contributed by atoms with Gasteiger partial charge >= 0.3 is 11.9 Å². The third-order valence-corrected chi connectivity index (χ3v) is 4.42. The van der Waals surface area contributed by atoms with Crippen LogP contribution in [0.25, 0.3) is 0 Å². The lowest BCUT2D eigenvalue weighted by molar-refractivity contribution is -0.153. The first-order valence-electron chi connectivity index (χ1n) is 8.95. The SMILES string of the molecule is CCOC(=O)C(C)(C)CCCCC(=O)CCCCC(C)(C)C(=O)O. The van der Waals surface area contributed by atoms with Gasteiger partial charge in [-0.2, -0.15) is 0 Å². The molecule has 1 N–H and O–H groups in total. The monoisotopic (exact) mass is 342 g/mol. The molecule has 0 aliphatic rings. The predicted molar refractivity (Wildman–Crippen MR) is 93.8 cm³/mol. The van der Waals surface area contributed by atoms with Crippen molar-refractivity contribution in [2.45, 2.75) is 86.0 Å². The summed E-state index contributed by atoms with van der Waals surface area (Å²) in [5, 5.41) is 9.03. The molecule has 24 heavy (non-hydrogen) atoms. The highest BCUT2D eigenvalue weighted by molar-refractivity contribution is 5.78. The Kier molecular flexibility index (Phi) is 9.86. The molecule has 0 aromatic carbocycles. The van der Waals surface area contributed by atoms with Crippen molar-refractivity contribution in [2.75, 3.05) is 6.61 Å². The summed E-state index contributed by atoms with van der Waals surface area (Å²) in [6.07, 6.45) is 5.43. The average molecular weight is 342 g/mol. The smallest absolute Gasteiger partial charge is 0.311 e. The van der Waals surface area contributed by atoms with E-state index in [0.29, 0.717) is 32.3 Å². The molecular formula is C19H34O5. The second kappa shape index (κ2) is 10.5. The third kappa shape index (κ3) is 9.04. The number of carbonyl (C=O) groups is 3. The molecule has 0 aromatic rings. The van der Waals surface area contributed by atoms with Crippen LogP contribution in [-0.4, -0.2) is 29.4 Å². The lowest BCUT2D eigenvalue weighted by atomic mass is 9.86. The quantitative estimate of drug-likeness (QED) is 0.397. The highest BCUT2D eigenvalue weighted by Crippen LogP contribution is 2.26. The van der Waals surface area contributed by atoms with Crippen molar-refractivity contribution in [3.8, 4) is 0 Å². The molecule has 0 saturated heterocycles. The molecule has 0 heterocycles. The van der Waals surface area contributed by atoms with Gasteiger partial charge in [0.25, 0.3) is 0 Å². The van der Waals surface area contributed by atoms with E-state index >= 15 is 0 Å². The maximum atomic E-state index is 11.9.